The Morgan fingerprint density at radius 1 is 0.796 bits per heavy atom. The predicted molar refractivity (Wildman–Crippen MR) is 164 cm³/mol. The first-order valence-electron chi connectivity index (χ1n) is 15.6. The fourth-order valence-electron chi connectivity index (χ4n) is 4.71. The fourth-order valence-corrected chi connectivity index (χ4v) is 4.71. The van der Waals surface area contributed by atoms with Crippen LogP contribution in [-0.2, 0) is 33.6 Å². The zero-order valence-corrected chi connectivity index (χ0v) is 27.4. The molecule has 0 saturated carbocycles. The summed E-state index contributed by atoms with van der Waals surface area (Å²) in [6.45, 7) is -2.91. The highest BCUT2D eigenvalue weighted by atomic mass is 16.5. The van der Waals surface area contributed by atoms with Crippen molar-refractivity contribution in [2.24, 2.45) is 0 Å². The van der Waals surface area contributed by atoms with E-state index >= 15 is 0 Å². The van der Waals surface area contributed by atoms with Crippen LogP contribution in [-0.4, -0.2) is 178 Å². The van der Waals surface area contributed by atoms with Crippen LogP contribution in [0.1, 0.15) is 38.5 Å². The third kappa shape index (κ3) is 14.2. The molecule has 0 spiro atoms. The first kappa shape index (κ1) is 43.0. The van der Waals surface area contributed by atoms with E-state index in [1.54, 1.807) is 0 Å². The van der Waals surface area contributed by atoms with Gasteiger partial charge in [-0.1, -0.05) is 0 Å². The fraction of sp³-hybridized carbons (Fsp3) is 0.741. The summed E-state index contributed by atoms with van der Waals surface area (Å²) in [4.78, 5) is 85.9. The summed E-state index contributed by atoms with van der Waals surface area (Å²) in [6.07, 6.45) is 1.23. The molecule has 0 aromatic rings. The van der Waals surface area contributed by atoms with Crippen molar-refractivity contribution in [1.29, 1.82) is 0 Å². The lowest BCUT2D eigenvalue weighted by atomic mass is 10.1. The number of carbonyl (C=O) groups is 7. The molecule has 1 heterocycles. The Bertz CT molecular complexity index is 1120. The Kier molecular flexibility index (Phi) is 19.8. The normalized spacial score (nSPS) is 17.5. The van der Waals surface area contributed by atoms with Gasteiger partial charge in [-0.3, -0.25) is 49.2 Å². The van der Waals surface area contributed by atoms with Crippen molar-refractivity contribution in [3.8, 4) is 0 Å². The number of aliphatic hydroxyl groups excluding tert-OH is 3. The van der Waals surface area contributed by atoms with Gasteiger partial charge < -0.3 is 47.2 Å². The van der Waals surface area contributed by atoms with Gasteiger partial charge in [-0.15, -0.1) is 0 Å². The summed E-state index contributed by atoms with van der Waals surface area (Å²) in [7, 11) is 2.89. The number of nitrogens with one attached hydrogen (secondary N) is 6. The molecule has 7 amide bonds. The van der Waals surface area contributed by atoms with Gasteiger partial charge in [0.1, 0.15) is 24.2 Å². The highest BCUT2D eigenvalue weighted by Crippen LogP contribution is 2.10. The molecular formula is C27H49N9O13. The van der Waals surface area contributed by atoms with Crippen LogP contribution in [0.2, 0.25) is 0 Å². The number of rotatable bonds is 23. The van der Waals surface area contributed by atoms with Crippen LogP contribution in [0.15, 0.2) is 0 Å². The molecule has 280 valence electrons. The molecule has 3 unspecified atom stereocenters. The van der Waals surface area contributed by atoms with Crippen LogP contribution in [0.4, 0.5) is 0 Å². The summed E-state index contributed by atoms with van der Waals surface area (Å²) in [5.74, 6) is -5.21. The maximum atomic E-state index is 12.9. The third-order valence-electron chi connectivity index (χ3n) is 7.61. The molecule has 6 atom stereocenters. The van der Waals surface area contributed by atoms with Crippen molar-refractivity contribution in [3.05, 3.63) is 0 Å². The maximum absolute atomic E-state index is 12.9. The van der Waals surface area contributed by atoms with Crippen LogP contribution in [0, 0.1) is 0 Å². The van der Waals surface area contributed by atoms with Crippen LogP contribution in [0.5, 0.6) is 0 Å². The molecule has 1 aliphatic rings. The standard InChI is InChI=1S/C27H49N9O13/c1-28-16(6-3-9-34(47)15-40)23(42)33-21(14-39)27(46)36(49)10-4-7-17(29-2)22(41)31-20(13-38)25(44)32-19(12-37)24(43)30-18-8-5-11-35(48)26(18)45/h15-21,28-29,37-39,47-49H,3-14H2,1-2H3,(H,30,43)(H,31,41)(H,32,44)(H,33,42)/t16-,17-,18+,19?,20?,21?/m0/s1. The third-order valence-corrected chi connectivity index (χ3v) is 7.61. The predicted octanol–water partition coefficient (Wildman–Crippen LogP) is -6.28. The smallest absolute Gasteiger partial charge is 0.270 e. The second-order valence-corrected chi connectivity index (χ2v) is 11.1. The van der Waals surface area contributed by atoms with Crippen molar-refractivity contribution in [2.75, 3.05) is 53.6 Å². The molecule has 1 fully saturated rings. The van der Waals surface area contributed by atoms with Gasteiger partial charge in [0.2, 0.25) is 30.0 Å². The first-order valence-corrected chi connectivity index (χ1v) is 15.6. The van der Waals surface area contributed by atoms with E-state index in [-0.39, 0.29) is 63.2 Å². The average molecular weight is 708 g/mol. The molecule has 22 heteroatoms. The van der Waals surface area contributed by atoms with E-state index < -0.39 is 91.5 Å². The number of hydrogen-bond acceptors (Lipinski definition) is 15. The van der Waals surface area contributed by atoms with E-state index in [0.29, 0.717) is 16.5 Å². The Labute approximate surface area is 282 Å². The number of nitrogens with zero attached hydrogens (tertiary/aromatic N) is 3. The largest absolute Gasteiger partial charge is 0.394 e. The van der Waals surface area contributed by atoms with E-state index in [1.807, 2.05) is 0 Å². The molecule has 0 bridgehead atoms. The van der Waals surface area contributed by atoms with E-state index in [9.17, 15) is 64.5 Å². The molecule has 1 saturated heterocycles. The van der Waals surface area contributed by atoms with Crippen molar-refractivity contribution in [3.63, 3.8) is 0 Å². The number of likely N-dealkylation sites (N-methyl/N-ethyl adjacent to an activating group) is 2. The van der Waals surface area contributed by atoms with Gasteiger partial charge in [0.05, 0.1) is 31.9 Å². The molecule has 49 heavy (non-hydrogen) atoms. The summed E-state index contributed by atoms with van der Waals surface area (Å²) in [5, 5.41) is 73.7. The number of aliphatic hydroxyl groups is 3. The lowest BCUT2D eigenvalue weighted by molar-refractivity contribution is -0.173. The number of amides is 7. The van der Waals surface area contributed by atoms with Gasteiger partial charge in [-0.05, 0) is 52.6 Å². The van der Waals surface area contributed by atoms with Crippen molar-refractivity contribution in [2.45, 2.75) is 74.8 Å². The van der Waals surface area contributed by atoms with Crippen LogP contribution >= 0.6 is 0 Å². The SMILES string of the molecule is CN[C@@H](CCCN(O)C(=O)C(CO)NC(=O)[C@H](CCCN(O)C=O)NC)C(=O)NC(CO)C(=O)NC(CO)C(=O)N[C@@H]1CCCN(O)C1=O. The number of hydrogen-bond donors (Lipinski definition) is 12. The van der Waals surface area contributed by atoms with E-state index in [0.717, 1.165) is 0 Å². The average Bonchev–Trinajstić information content (AvgIpc) is 3.09. The number of piperidine rings is 1. The first-order chi connectivity index (χ1) is 23.3. The minimum Gasteiger partial charge on any atom is -0.394 e. The monoisotopic (exact) mass is 707 g/mol. The highest BCUT2D eigenvalue weighted by molar-refractivity contribution is 5.95. The lowest BCUT2D eigenvalue weighted by Crippen LogP contribution is -2.60. The van der Waals surface area contributed by atoms with Gasteiger partial charge in [-0.25, -0.2) is 15.2 Å². The van der Waals surface area contributed by atoms with Crippen LogP contribution in [0.25, 0.3) is 0 Å². The van der Waals surface area contributed by atoms with Crippen LogP contribution < -0.4 is 31.9 Å². The van der Waals surface area contributed by atoms with Gasteiger partial charge in [0.25, 0.3) is 11.8 Å². The van der Waals surface area contributed by atoms with Crippen molar-refractivity contribution in [1.82, 2.24) is 47.1 Å². The number of carbonyl (C=O) groups excluding carboxylic acids is 7. The van der Waals surface area contributed by atoms with Crippen molar-refractivity contribution >= 4 is 41.9 Å². The topological polar surface area (TPSA) is 323 Å². The Morgan fingerprint density at radius 2 is 1.27 bits per heavy atom. The minimum absolute atomic E-state index is 0.00789. The zero-order chi connectivity index (χ0) is 37.1. The molecule has 0 aromatic carbocycles. The molecule has 0 radical (unpaired) electrons. The van der Waals surface area contributed by atoms with Gasteiger partial charge in [0.15, 0.2) is 0 Å². The molecule has 1 aliphatic heterocycles. The molecule has 12 N–H and O–H groups in total. The second-order valence-electron chi connectivity index (χ2n) is 11.1. The van der Waals surface area contributed by atoms with Crippen molar-refractivity contribution < 1.29 is 64.5 Å². The van der Waals surface area contributed by atoms with Gasteiger partial charge >= 0.3 is 0 Å². The quantitative estimate of drug-likeness (QED) is 0.0267. The second kappa shape index (κ2) is 22.6. The molecule has 1 rings (SSSR count). The molecule has 22 nitrogen and oxygen atoms in total. The summed E-state index contributed by atoms with van der Waals surface area (Å²) in [6, 6.07) is -7.54. The van der Waals surface area contributed by atoms with Gasteiger partial charge in [0, 0.05) is 19.6 Å². The Balaban J connectivity index is 2.65. The Hall–Kier alpha value is -4.03. The maximum Gasteiger partial charge on any atom is 0.270 e. The molecular weight excluding hydrogens is 658 g/mol. The molecule has 0 aromatic heterocycles. The Morgan fingerprint density at radius 3 is 1.76 bits per heavy atom. The van der Waals surface area contributed by atoms with E-state index in [2.05, 4.69) is 31.9 Å². The van der Waals surface area contributed by atoms with E-state index in [1.165, 1.54) is 14.1 Å². The van der Waals surface area contributed by atoms with Gasteiger partial charge in [-0.2, -0.15) is 0 Å². The zero-order valence-electron chi connectivity index (χ0n) is 27.4. The molecule has 0 aliphatic carbocycles. The minimum atomic E-state index is -1.56. The van der Waals surface area contributed by atoms with E-state index in [4.69, 9.17) is 0 Å². The number of hydroxylamine groups is 6. The lowest BCUT2D eigenvalue weighted by Gasteiger charge is -2.29. The van der Waals surface area contributed by atoms with Crippen LogP contribution in [0.3, 0.4) is 0 Å². The summed E-state index contributed by atoms with van der Waals surface area (Å²) in [5.41, 5.74) is 0. The summed E-state index contributed by atoms with van der Waals surface area (Å²) >= 11 is 0. The summed E-state index contributed by atoms with van der Waals surface area (Å²) < 4.78 is 0. The highest BCUT2D eigenvalue weighted by Gasteiger charge is 2.33.